The molecule has 0 aromatic heterocycles. The Labute approximate surface area is 123 Å². The standard InChI is InChI=1S/C14H21BrN2O2/c1-18-13-9-17(10-14(13)19-2)8-7-16-12-6-4-3-5-11(12)15/h3-6,13-14,16H,7-10H2,1-2H3. The summed E-state index contributed by atoms with van der Waals surface area (Å²) in [5.74, 6) is 0. The maximum atomic E-state index is 5.43. The SMILES string of the molecule is COC1CN(CCNc2ccccc2Br)CC1OC. The number of benzene rings is 1. The summed E-state index contributed by atoms with van der Waals surface area (Å²) in [4.78, 5) is 2.37. The molecular formula is C14H21BrN2O2. The van der Waals surface area contributed by atoms with Crippen molar-refractivity contribution < 1.29 is 9.47 Å². The molecule has 1 N–H and O–H groups in total. The van der Waals surface area contributed by atoms with Crippen LogP contribution in [0.3, 0.4) is 0 Å². The van der Waals surface area contributed by atoms with Gasteiger partial charge < -0.3 is 14.8 Å². The number of ether oxygens (including phenoxy) is 2. The van der Waals surface area contributed by atoms with Crippen LogP contribution < -0.4 is 5.32 Å². The average molecular weight is 329 g/mol. The largest absolute Gasteiger partial charge is 0.383 e. The molecule has 2 atom stereocenters. The lowest BCUT2D eigenvalue weighted by Crippen LogP contribution is -2.28. The highest BCUT2D eigenvalue weighted by Crippen LogP contribution is 2.21. The number of anilines is 1. The predicted octanol–water partition coefficient (Wildman–Crippen LogP) is 2.21. The van der Waals surface area contributed by atoms with E-state index in [2.05, 4.69) is 32.2 Å². The van der Waals surface area contributed by atoms with Gasteiger partial charge in [-0.3, -0.25) is 4.90 Å². The first-order valence-electron chi connectivity index (χ1n) is 6.51. The molecule has 19 heavy (non-hydrogen) atoms. The fraction of sp³-hybridized carbons (Fsp3) is 0.571. The summed E-state index contributed by atoms with van der Waals surface area (Å²) in [7, 11) is 3.50. The summed E-state index contributed by atoms with van der Waals surface area (Å²) in [6, 6.07) is 8.16. The van der Waals surface area contributed by atoms with E-state index in [1.807, 2.05) is 18.2 Å². The van der Waals surface area contributed by atoms with Crippen LogP contribution in [0, 0.1) is 0 Å². The Balaban J connectivity index is 1.76. The van der Waals surface area contributed by atoms with Crippen molar-refractivity contribution in [3.63, 3.8) is 0 Å². The topological polar surface area (TPSA) is 33.7 Å². The summed E-state index contributed by atoms with van der Waals surface area (Å²) in [6.45, 7) is 3.77. The molecule has 5 heteroatoms. The highest BCUT2D eigenvalue weighted by Gasteiger charge is 2.32. The third-order valence-corrected chi connectivity index (χ3v) is 4.21. The van der Waals surface area contributed by atoms with Crippen LogP contribution in [0.5, 0.6) is 0 Å². The maximum absolute atomic E-state index is 5.43. The molecule has 0 aliphatic carbocycles. The smallest absolute Gasteiger partial charge is 0.0971 e. The number of halogens is 1. The van der Waals surface area contributed by atoms with Crippen LogP contribution in [-0.4, -0.2) is 57.5 Å². The van der Waals surface area contributed by atoms with E-state index in [9.17, 15) is 0 Å². The molecule has 1 heterocycles. The van der Waals surface area contributed by atoms with Crippen LogP contribution in [-0.2, 0) is 9.47 Å². The first kappa shape index (κ1) is 14.8. The van der Waals surface area contributed by atoms with Crippen LogP contribution in [0.4, 0.5) is 5.69 Å². The van der Waals surface area contributed by atoms with Gasteiger partial charge in [-0.2, -0.15) is 0 Å². The molecule has 0 amide bonds. The van der Waals surface area contributed by atoms with Crippen LogP contribution >= 0.6 is 15.9 Å². The molecule has 0 bridgehead atoms. The molecule has 1 aromatic carbocycles. The van der Waals surface area contributed by atoms with Gasteiger partial charge in [0.15, 0.2) is 0 Å². The molecular weight excluding hydrogens is 308 g/mol. The normalized spacial score (nSPS) is 23.7. The Morgan fingerprint density at radius 2 is 1.84 bits per heavy atom. The zero-order valence-corrected chi connectivity index (χ0v) is 13.0. The van der Waals surface area contributed by atoms with Crippen molar-refractivity contribution in [1.82, 2.24) is 4.90 Å². The zero-order chi connectivity index (χ0) is 13.7. The number of likely N-dealkylation sites (tertiary alicyclic amines) is 1. The van der Waals surface area contributed by atoms with E-state index in [0.29, 0.717) is 0 Å². The number of rotatable bonds is 6. The molecule has 0 radical (unpaired) electrons. The van der Waals surface area contributed by atoms with E-state index in [-0.39, 0.29) is 12.2 Å². The van der Waals surface area contributed by atoms with E-state index in [4.69, 9.17) is 9.47 Å². The van der Waals surface area contributed by atoms with Gasteiger partial charge in [0.05, 0.1) is 12.2 Å². The van der Waals surface area contributed by atoms with E-state index in [1.165, 1.54) is 0 Å². The minimum atomic E-state index is 0.188. The van der Waals surface area contributed by atoms with Gasteiger partial charge in [0.1, 0.15) is 0 Å². The van der Waals surface area contributed by atoms with Crippen molar-refractivity contribution in [2.24, 2.45) is 0 Å². The van der Waals surface area contributed by atoms with Crippen molar-refractivity contribution in [3.8, 4) is 0 Å². The molecule has 1 aliphatic heterocycles. The molecule has 1 saturated heterocycles. The van der Waals surface area contributed by atoms with Gasteiger partial charge in [-0.05, 0) is 28.1 Å². The van der Waals surface area contributed by atoms with Crippen molar-refractivity contribution in [2.75, 3.05) is 45.7 Å². The molecule has 1 aliphatic rings. The number of hydrogen-bond donors (Lipinski definition) is 1. The second-order valence-electron chi connectivity index (χ2n) is 4.71. The van der Waals surface area contributed by atoms with Crippen LogP contribution in [0.2, 0.25) is 0 Å². The van der Waals surface area contributed by atoms with Crippen molar-refractivity contribution in [3.05, 3.63) is 28.7 Å². The third kappa shape index (κ3) is 3.92. The van der Waals surface area contributed by atoms with Crippen LogP contribution in [0.15, 0.2) is 28.7 Å². The summed E-state index contributed by atoms with van der Waals surface area (Å²) in [5, 5.41) is 3.44. The minimum Gasteiger partial charge on any atom is -0.383 e. The highest BCUT2D eigenvalue weighted by atomic mass is 79.9. The first-order chi connectivity index (χ1) is 9.24. The zero-order valence-electron chi connectivity index (χ0n) is 11.4. The quantitative estimate of drug-likeness (QED) is 0.868. The van der Waals surface area contributed by atoms with Gasteiger partial charge in [0.2, 0.25) is 0 Å². The van der Waals surface area contributed by atoms with E-state index in [1.54, 1.807) is 14.2 Å². The van der Waals surface area contributed by atoms with Gasteiger partial charge in [0.25, 0.3) is 0 Å². The Kier molecular flexibility index (Phi) is 5.63. The monoisotopic (exact) mass is 328 g/mol. The second-order valence-corrected chi connectivity index (χ2v) is 5.57. The molecule has 106 valence electrons. The van der Waals surface area contributed by atoms with Gasteiger partial charge in [-0.1, -0.05) is 12.1 Å². The fourth-order valence-electron chi connectivity index (χ4n) is 2.41. The summed E-state index contributed by atoms with van der Waals surface area (Å²) in [5.41, 5.74) is 1.13. The van der Waals surface area contributed by atoms with E-state index in [0.717, 1.165) is 36.3 Å². The summed E-state index contributed by atoms with van der Waals surface area (Å²) < 4.78 is 12.0. The fourth-order valence-corrected chi connectivity index (χ4v) is 2.83. The lowest BCUT2D eigenvalue weighted by atomic mass is 10.3. The Hall–Kier alpha value is -0.620. The molecule has 2 rings (SSSR count). The first-order valence-corrected chi connectivity index (χ1v) is 7.30. The second kappa shape index (κ2) is 7.24. The summed E-state index contributed by atoms with van der Waals surface area (Å²) >= 11 is 3.54. The van der Waals surface area contributed by atoms with Gasteiger partial charge >= 0.3 is 0 Å². The van der Waals surface area contributed by atoms with Crippen molar-refractivity contribution in [1.29, 1.82) is 0 Å². The Bertz CT molecular complexity index is 391. The predicted molar refractivity (Wildman–Crippen MR) is 80.7 cm³/mol. The maximum Gasteiger partial charge on any atom is 0.0971 e. The van der Waals surface area contributed by atoms with Gasteiger partial charge in [-0.25, -0.2) is 0 Å². The Morgan fingerprint density at radius 1 is 1.21 bits per heavy atom. The number of para-hydroxylation sites is 1. The minimum absolute atomic E-state index is 0.188. The molecule has 0 saturated carbocycles. The number of nitrogens with zero attached hydrogens (tertiary/aromatic N) is 1. The van der Waals surface area contributed by atoms with Crippen LogP contribution in [0.25, 0.3) is 0 Å². The number of nitrogens with one attached hydrogen (secondary N) is 1. The van der Waals surface area contributed by atoms with E-state index < -0.39 is 0 Å². The highest BCUT2D eigenvalue weighted by molar-refractivity contribution is 9.10. The van der Waals surface area contributed by atoms with Crippen molar-refractivity contribution in [2.45, 2.75) is 12.2 Å². The average Bonchev–Trinajstić information content (AvgIpc) is 2.83. The Morgan fingerprint density at radius 3 is 2.42 bits per heavy atom. The summed E-state index contributed by atoms with van der Waals surface area (Å²) in [6.07, 6.45) is 0.377. The van der Waals surface area contributed by atoms with Gasteiger partial charge in [-0.15, -0.1) is 0 Å². The lowest BCUT2D eigenvalue weighted by molar-refractivity contribution is -0.00461. The number of hydrogen-bond acceptors (Lipinski definition) is 4. The molecule has 0 spiro atoms. The molecule has 1 aromatic rings. The third-order valence-electron chi connectivity index (χ3n) is 3.51. The lowest BCUT2D eigenvalue weighted by Gasteiger charge is -2.16. The van der Waals surface area contributed by atoms with Crippen molar-refractivity contribution >= 4 is 21.6 Å². The van der Waals surface area contributed by atoms with E-state index >= 15 is 0 Å². The van der Waals surface area contributed by atoms with Crippen LogP contribution in [0.1, 0.15) is 0 Å². The number of methoxy groups -OCH3 is 2. The molecule has 1 fully saturated rings. The molecule has 4 nitrogen and oxygen atoms in total. The molecule has 2 unspecified atom stereocenters. The van der Waals surface area contributed by atoms with Gasteiger partial charge in [0, 0.05) is 50.6 Å².